The minimum absolute atomic E-state index is 0.144. The molecule has 1 aromatic rings. The average molecular weight is 219 g/mol. The summed E-state index contributed by atoms with van der Waals surface area (Å²) >= 11 is 0. The number of nitrogens with zero attached hydrogens (tertiary/aromatic N) is 1. The van der Waals surface area contributed by atoms with Crippen molar-refractivity contribution in [3.63, 3.8) is 0 Å². The Hall–Kier alpha value is -1.58. The van der Waals surface area contributed by atoms with Crippen LogP contribution >= 0.6 is 0 Å². The maximum absolute atomic E-state index is 11.7. The molecule has 0 spiro atoms. The fourth-order valence-corrected chi connectivity index (χ4v) is 1.80. The molecule has 86 valence electrons. The lowest BCUT2D eigenvalue weighted by Crippen LogP contribution is -2.27. The van der Waals surface area contributed by atoms with Crippen LogP contribution in [0.4, 0.5) is 5.69 Å². The van der Waals surface area contributed by atoms with Gasteiger partial charge >= 0.3 is 0 Å². The van der Waals surface area contributed by atoms with Crippen molar-refractivity contribution in [2.75, 3.05) is 12.3 Å². The van der Waals surface area contributed by atoms with Crippen molar-refractivity contribution in [2.45, 2.75) is 20.3 Å². The zero-order valence-electron chi connectivity index (χ0n) is 9.66. The summed E-state index contributed by atoms with van der Waals surface area (Å²) < 4.78 is 0. The monoisotopic (exact) mass is 219 g/mol. The molecule has 1 aliphatic carbocycles. The Labute approximate surface area is 95.3 Å². The van der Waals surface area contributed by atoms with Crippen LogP contribution < -0.4 is 11.1 Å². The summed E-state index contributed by atoms with van der Waals surface area (Å²) in [7, 11) is 0. The third kappa shape index (κ3) is 2.32. The molecule has 3 N–H and O–H groups in total. The highest BCUT2D eigenvalue weighted by atomic mass is 16.1. The molecule has 1 amide bonds. The van der Waals surface area contributed by atoms with Crippen LogP contribution in [0.2, 0.25) is 0 Å². The van der Waals surface area contributed by atoms with Crippen molar-refractivity contribution < 1.29 is 4.79 Å². The molecule has 1 aromatic heterocycles. The van der Waals surface area contributed by atoms with Gasteiger partial charge in [-0.25, -0.2) is 0 Å². The van der Waals surface area contributed by atoms with E-state index in [1.165, 1.54) is 6.42 Å². The first-order chi connectivity index (χ1) is 7.49. The second kappa shape index (κ2) is 3.77. The molecular weight excluding hydrogens is 202 g/mol. The highest BCUT2D eigenvalue weighted by Gasteiger charge is 2.45. The zero-order valence-corrected chi connectivity index (χ0v) is 9.66. The summed E-state index contributed by atoms with van der Waals surface area (Å²) in [5, 5.41) is 2.89. The fraction of sp³-hybridized carbons (Fsp3) is 0.500. The molecule has 4 nitrogen and oxygen atoms in total. The first kappa shape index (κ1) is 10.9. The first-order valence-electron chi connectivity index (χ1n) is 5.49. The molecule has 0 saturated heterocycles. The molecule has 1 unspecified atom stereocenters. The number of hydrogen-bond acceptors (Lipinski definition) is 3. The molecule has 0 bridgehead atoms. The van der Waals surface area contributed by atoms with Gasteiger partial charge in [0.05, 0.1) is 0 Å². The van der Waals surface area contributed by atoms with Gasteiger partial charge in [0.15, 0.2) is 0 Å². The van der Waals surface area contributed by atoms with E-state index in [4.69, 9.17) is 5.73 Å². The molecular formula is C12H17N3O. The van der Waals surface area contributed by atoms with E-state index in [-0.39, 0.29) is 5.91 Å². The quantitative estimate of drug-likeness (QED) is 0.808. The molecule has 1 heterocycles. The SMILES string of the molecule is CC1(C)CC1CNC(=O)c1cc(N)ccn1. The van der Waals surface area contributed by atoms with E-state index in [0.29, 0.717) is 22.7 Å². The van der Waals surface area contributed by atoms with Crippen LogP contribution in [0.25, 0.3) is 0 Å². The molecule has 1 saturated carbocycles. The summed E-state index contributed by atoms with van der Waals surface area (Å²) in [5.41, 5.74) is 6.92. The van der Waals surface area contributed by atoms with Crippen LogP contribution in [0.5, 0.6) is 0 Å². The van der Waals surface area contributed by atoms with E-state index in [0.717, 1.165) is 6.54 Å². The van der Waals surface area contributed by atoms with Crippen LogP contribution in [0.3, 0.4) is 0 Å². The normalized spacial score (nSPS) is 21.5. The molecule has 4 heteroatoms. The molecule has 0 radical (unpaired) electrons. The number of carbonyl (C=O) groups is 1. The highest BCUT2D eigenvalue weighted by molar-refractivity contribution is 5.92. The Morgan fingerprint density at radius 1 is 1.69 bits per heavy atom. The Balaban J connectivity index is 1.89. The topological polar surface area (TPSA) is 68.0 Å². The first-order valence-corrected chi connectivity index (χ1v) is 5.49. The van der Waals surface area contributed by atoms with Crippen LogP contribution in [-0.4, -0.2) is 17.4 Å². The predicted molar refractivity (Wildman–Crippen MR) is 62.9 cm³/mol. The van der Waals surface area contributed by atoms with E-state index < -0.39 is 0 Å². The van der Waals surface area contributed by atoms with Crippen molar-refractivity contribution in [1.82, 2.24) is 10.3 Å². The summed E-state index contributed by atoms with van der Waals surface area (Å²) in [5.74, 6) is 0.451. The van der Waals surface area contributed by atoms with E-state index in [1.807, 2.05) is 0 Å². The van der Waals surface area contributed by atoms with Crippen LogP contribution in [0.15, 0.2) is 18.3 Å². The largest absolute Gasteiger partial charge is 0.399 e. The van der Waals surface area contributed by atoms with Crippen LogP contribution in [0, 0.1) is 11.3 Å². The summed E-state index contributed by atoms with van der Waals surface area (Å²) in [6.45, 7) is 5.15. The van der Waals surface area contributed by atoms with Crippen LogP contribution in [-0.2, 0) is 0 Å². The van der Waals surface area contributed by atoms with E-state index in [2.05, 4.69) is 24.1 Å². The minimum Gasteiger partial charge on any atom is -0.399 e. The molecule has 1 atom stereocenters. The Morgan fingerprint density at radius 2 is 2.38 bits per heavy atom. The Kier molecular flexibility index (Phi) is 2.58. The van der Waals surface area contributed by atoms with Gasteiger partial charge in [-0.3, -0.25) is 9.78 Å². The fourth-order valence-electron chi connectivity index (χ4n) is 1.80. The number of carbonyl (C=O) groups excluding carboxylic acids is 1. The Morgan fingerprint density at radius 3 is 2.94 bits per heavy atom. The van der Waals surface area contributed by atoms with Gasteiger partial charge in [0.2, 0.25) is 0 Å². The highest BCUT2D eigenvalue weighted by Crippen LogP contribution is 2.50. The van der Waals surface area contributed by atoms with Gasteiger partial charge in [-0.1, -0.05) is 13.8 Å². The smallest absolute Gasteiger partial charge is 0.269 e. The van der Waals surface area contributed by atoms with E-state index in [9.17, 15) is 4.79 Å². The number of amides is 1. The lowest BCUT2D eigenvalue weighted by molar-refractivity contribution is 0.0945. The van der Waals surface area contributed by atoms with E-state index in [1.54, 1.807) is 18.3 Å². The number of hydrogen-bond donors (Lipinski definition) is 2. The lowest BCUT2D eigenvalue weighted by Gasteiger charge is -2.06. The number of rotatable bonds is 3. The van der Waals surface area contributed by atoms with Crippen LogP contribution in [0.1, 0.15) is 30.8 Å². The number of aromatic nitrogens is 1. The van der Waals surface area contributed by atoms with Crippen molar-refractivity contribution in [3.05, 3.63) is 24.0 Å². The molecule has 1 aliphatic rings. The average Bonchev–Trinajstić information content (AvgIpc) is 2.83. The molecule has 2 rings (SSSR count). The van der Waals surface area contributed by atoms with Gasteiger partial charge in [-0.2, -0.15) is 0 Å². The van der Waals surface area contributed by atoms with Gasteiger partial charge in [-0.05, 0) is 29.9 Å². The number of pyridine rings is 1. The summed E-state index contributed by atoms with van der Waals surface area (Å²) in [6, 6.07) is 3.26. The second-order valence-corrected chi connectivity index (χ2v) is 5.07. The van der Waals surface area contributed by atoms with Gasteiger partial charge < -0.3 is 11.1 Å². The minimum atomic E-state index is -0.144. The Bertz CT molecular complexity index is 414. The standard InChI is InChI=1S/C12H17N3O/c1-12(2)6-8(12)7-15-11(16)10-5-9(13)3-4-14-10/h3-5,8H,6-7H2,1-2H3,(H2,13,14)(H,15,16). The number of anilines is 1. The zero-order chi connectivity index (χ0) is 11.8. The predicted octanol–water partition coefficient (Wildman–Crippen LogP) is 1.44. The second-order valence-electron chi connectivity index (χ2n) is 5.07. The van der Waals surface area contributed by atoms with Crippen molar-refractivity contribution in [1.29, 1.82) is 0 Å². The third-order valence-electron chi connectivity index (χ3n) is 3.24. The van der Waals surface area contributed by atoms with Gasteiger partial charge in [-0.15, -0.1) is 0 Å². The van der Waals surface area contributed by atoms with Crippen molar-refractivity contribution in [2.24, 2.45) is 11.3 Å². The van der Waals surface area contributed by atoms with Crippen molar-refractivity contribution in [3.8, 4) is 0 Å². The molecule has 0 aliphatic heterocycles. The maximum Gasteiger partial charge on any atom is 0.269 e. The van der Waals surface area contributed by atoms with E-state index >= 15 is 0 Å². The number of nitrogens with one attached hydrogen (secondary N) is 1. The summed E-state index contributed by atoms with van der Waals surface area (Å²) in [6.07, 6.45) is 2.73. The lowest BCUT2D eigenvalue weighted by atomic mass is 10.1. The maximum atomic E-state index is 11.7. The molecule has 0 aromatic carbocycles. The number of nitrogen functional groups attached to an aromatic ring is 1. The van der Waals surface area contributed by atoms with Crippen molar-refractivity contribution >= 4 is 11.6 Å². The van der Waals surface area contributed by atoms with Gasteiger partial charge in [0.25, 0.3) is 5.91 Å². The van der Waals surface area contributed by atoms with Gasteiger partial charge in [0.1, 0.15) is 5.69 Å². The summed E-state index contributed by atoms with van der Waals surface area (Å²) in [4.78, 5) is 15.7. The number of nitrogens with two attached hydrogens (primary N) is 1. The molecule has 1 fully saturated rings. The van der Waals surface area contributed by atoms with Gasteiger partial charge in [0, 0.05) is 18.4 Å². The molecule has 16 heavy (non-hydrogen) atoms. The third-order valence-corrected chi connectivity index (χ3v) is 3.24.